The SMILES string of the molecule is CCN1CCC(CNCCCCSC)C1. The van der Waals surface area contributed by atoms with Crippen molar-refractivity contribution in [2.24, 2.45) is 5.92 Å². The van der Waals surface area contributed by atoms with Crippen molar-refractivity contribution in [1.29, 1.82) is 0 Å². The molecule has 15 heavy (non-hydrogen) atoms. The Kier molecular flexibility index (Phi) is 7.49. The van der Waals surface area contributed by atoms with Crippen molar-refractivity contribution < 1.29 is 0 Å². The van der Waals surface area contributed by atoms with Gasteiger partial charge in [-0.15, -0.1) is 0 Å². The van der Waals surface area contributed by atoms with Gasteiger partial charge < -0.3 is 10.2 Å². The molecular weight excluding hydrogens is 204 g/mol. The maximum absolute atomic E-state index is 3.59. The summed E-state index contributed by atoms with van der Waals surface area (Å²) in [6.45, 7) is 8.56. The first-order valence-corrected chi connectivity index (χ1v) is 7.68. The Morgan fingerprint density at radius 1 is 1.40 bits per heavy atom. The van der Waals surface area contributed by atoms with Crippen molar-refractivity contribution in [3.05, 3.63) is 0 Å². The minimum Gasteiger partial charge on any atom is -0.316 e. The van der Waals surface area contributed by atoms with Crippen molar-refractivity contribution in [2.45, 2.75) is 26.2 Å². The van der Waals surface area contributed by atoms with E-state index in [2.05, 4.69) is 23.4 Å². The molecule has 0 aliphatic carbocycles. The van der Waals surface area contributed by atoms with E-state index < -0.39 is 0 Å². The third-order valence-electron chi connectivity index (χ3n) is 3.20. The molecule has 0 aromatic rings. The van der Waals surface area contributed by atoms with Crippen molar-refractivity contribution in [3.8, 4) is 0 Å². The third-order valence-corrected chi connectivity index (χ3v) is 3.90. The van der Waals surface area contributed by atoms with E-state index >= 15 is 0 Å². The zero-order valence-corrected chi connectivity index (χ0v) is 11.1. The van der Waals surface area contributed by atoms with Crippen LogP contribution in [0.1, 0.15) is 26.2 Å². The van der Waals surface area contributed by atoms with E-state index in [1.807, 2.05) is 11.8 Å². The fraction of sp³-hybridized carbons (Fsp3) is 1.00. The van der Waals surface area contributed by atoms with Crippen LogP contribution in [0.15, 0.2) is 0 Å². The van der Waals surface area contributed by atoms with Gasteiger partial charge in [0.1, 0.15) is 0 Å². The fourth-order valence-electron chi connectivity index (χ4n) is 2.17. The lowest BCUT2D eigenvalue weighted by Gasteiger charge is -2.13. The second-order valence-electron chi connectivity index (χ2n) is 4.45. The van der Waals surface area contributed by atoms with Crippen LogP contribution in [-0.2, 0) is 0 Å². The van der Waals surface area contributed by atoms with E-state index in [0.29, 0.717) is 0 Å². The summed E-state index contributed by atoms with van der Waals surface area (Å²) in [6, 6.07) is 0. The molecule has 1 heterocycles. The Morgan fingerprint density at radius 2 is 2.27 bits per heavy atom. The van der Waals surface area contributed by atoms with Gasteiger partial charge in [0.05, 0.1) is 0 Å². The highest BCUT2D eigenvalue weighted by Crippen LogP contribution is 2.14. The second kappa shape index (κ2) is 8.43. The van der Waals surface area contributed by atoms with Crippen molar-refractivity contribution >= 4 is 11.8 Å². The molecule has 0 amide bonds. The molecule has 1 unspecified atom stereocenters. The molecule has 0 aromatic carbocycles. The van der Waals surface area contributed by atoms with Gasteiger partial charge in [0.25, 0.3) is 0 Å². The number of nitrogens with zero attached hydrogens (tertiary/aromatic N) is 1. The highest BCUT2D eigenvalue weighted by molar-refractivity contribution is 7.98. The molecule has 0 radical (unpaired) electrons. The Balaban J connectivity index is 1.88. The highest BCUT2D eigenvalue weighted by Gasteiger charge is 2.19. The van der Waals surface area contributed by atoms with Crippen LogP contribution in [0.4, 0.5) is 0 Å². The van der Waals surface area contributed by atoms with Crippen LogP contribution in [0.25, 0.3) is 0 Å². The van der Waals surface area contributed by atoms with Gasteiger partial charge in [-0.3, -0.25) is 0 Å². The number of unbranched alkanes of at least 4 members (excludes halogenated alkanes) is 1. The lowest BCUT2D eigenvalue weighted by molar-refractivity contribution is 0.339. The zero-order valence-electron chi connectivity index (χ0n) is 10.3. The smallest absolute Gasteiger partial charge is 0.00222 e. The summed E-state index contributed by atoms with van der Waals surface area (Å²) in [5.41, 5.74) is 0. The average molecular weight is 230 g/mol. The first-order chi connectivity index (χ1) is 7.36. The van der Waals surface area contributed by atoms with E-state index in [1.165, 1.54) is 57.7 Å². The molecule has 3 heteroatoms. The van der Waals surface area contributed by atoms with Crippen LogP contribution in [0.3, 0.4) is 0 Å². The maximum Gasteiger partial charge on any atom is 0.00222 e. The van der Waals surface area contributed by atoms with Crippen molar-refractivity contribution in [2.75, 3.05) is 44.7 Å². The van der Waals surface area contributed by atoms with Crippen LogP contribution >= 0.6 is 11.8 Å². The monoisotopic (exact) mass is 230 g/mol. The second-order valence-corrected chi connectivity index (χ2v) is 5.44. The van der Waals surface area contributed by atoms with Crippen LogP contribution in [0.5, 0.6) is 0 Å². The molecular formula is C12H26N2S. The normalized spacial score (nSPS) is 22.4. The minimum atomic E-state index is 0.908. The van der Waals surface area contributed by atoms with E-state index in [4.69, 9.17) is 0 Å². The molecule has 0 spiro atoms. The van der Waals surface area contributed by atoms with Crippen LogP contribution in [-0.4, -0.2) is 49.6 Å². The average Bonchev–Trinajstić information content (AvgIpc) is 2.71. The van der Waals surface area contributed by atoms with E-state index in [9.17, 15) is 0 Å². The molecule has 0 saturated carbocycles. The predicted molar refractivity (Wildman–Crippen MR) is 70.7 cm³/mol. The quantitative estimate of drug-likeness (QED) is 0.643. The summed E-state index contributed by atoms with van der Waals surface area (Å²) in [5.74, 6) is 2.22. The summed E-state index contributed by atoms with van der Waals surface area (Å²) in [4.78, 5) is 2.56. The van der Waals surface area contributed by atoms with Gasteiger partial charge in [-0.1, -0.05) is 6.92 Å². The van der Waals surface area contributed by atoms with Gasteiger partial charge >= 0.3 is 0 Å². The number of nitrogens with one attached hydrogen (secondary N) is 1. The molecule has 1 aliphatic heterocycles. The predicted octanol–water partition coefficient (Wildman–Crippen LogP) is 2.06. The van der Waals surface area contributed by atoms with Crippen LogP contribution in [0.2, 0.25) is 0 Å². The summed E-state index contributed by atoms with van der Waals surface area (Å²) in [7, 11) is 0. The summed E-state index contributed by atoms with van der Waals surface area (Å²) in [6.07, 6.45) is 6.28. The minimum absolute atomic E-state index is 0.908. The Bertz CT molecular complexity index is 153. The first-order valence-electron chi connectivity index (χ1n) is 6.28. The molecule has 1 aliphatic rings. The zero-order chi connectivity index (χ0) is 10.9. The molecule has 1 rings (SSSR count). The number of hydrogen-bond donors (Lipinski definition) is 1. The van der Waals surface area contributed by atoms with Crippen molar-refractivity contribution in [1.82, 2.24) is 10.2 Å². The Morgan fingerprint density at radius 3 is 2.93 bits per heavy atom. The molecule has 1 saturated heterocycles. The first kappa shape index (κ1) is 13.3. The maximum atomic E-state index is 3.59. The largest absolute Gasteiger partial charge is 0.316 e. The fourth-order valence-corrected chi connectivity index (χ4v) is 2.66. The van der Waals surface area contributed by atoms with Gasteiger partial charge in [-0.05, 0) is 63.4 Å². The highest BCUT2D eigenvalue weighted by atomic mass is 32.2. The molecule has 1 atom stereocenters. The number of rotatable bonds is 8. The van der Waals surface area contributed by atoms with Gasteiger partial charge in [0.15, 0.2) is 0 Å². The number of likely N-dealkylation sites (tertiary alicyclic amines) is 1. The molecule has 1 N–H and O–H groups in total. The Hall–Kier alpha value is 0.270. The molecule has 0 aromatic heterocycles. The van der Waals surface area contributed by atoms with Crippen molar-refractivity contribution in [3.63, 3.8) is 0 Å². The van der Waals surface area contributed by atoms with E-state index in [-0.39, 0.29) is 0 Å². The number of thioether (sulfide) groups is 1. The Labute approximate surface area is 99.2 Å². The van der Waals surface area contributed by atoms with Gasteiger partial charge in [0, 0.05) is 6.54 Å². The van der Waals surface area contributed by atoms with Gasteiger partial charge in [0.2, 0.25) is 0 Å². The van der Waals surface area contributed by atoms with Gasteiger partial charge in [-0.25, -0.2) is 0 Å². The molecule has 2 nitrogen and oxygen atoms in total. The third kappa shape index (κ3) is 5.79. The van der Waals surface area contributed by atoms with E-state index in [0.717, 1.165) is 5.92 Å². The van der Waals surface area contributed by atoms with Crippen LogP contribution < -0.4 is 5.32 Å². The van der Waals surface area contributed by atoms with Gasteiger partial charge in [-0.2, -0.15) is 11.8 Å². The van der Waals surface area contributed by atoms with E-state index in [1.54, 1.807) is 0 Å². The molecule has 0 bridgehead atoms. The lowest BCUT2D eigenvalue weighted by atomic mass is 10.1. The topological polar surface area (TPSA) is 15.3 Å². The standard InChI is InChI=1S/C12H26N2S/c1-3-14-8-6-12(11-14)10-13-7-4-5-9-15-2/h12-13H,3-11H2,1-2H3. The lowest BCUT2D eigenvalue weighted by Crippen LogP contribution is -2.27. The number of hydrogen-bond acceptors (Lipinski definition) is 3. The molecule has 90 valence electrons. The summed E-state index contributed by atoms with van der Waals surface area (Å²) in [5, 5.41) is 3.59. The van der Waals surface area contributed by atoms with Crippen LogP contribution in [0, 0.1) is 5.92 Å². The molecule has 1 fully saturated rings. The summed E-state index contributed by atoms with van der Waals surface area (Å²) < 4.78 is 0. The summed E-state index contributed by atoms with van der Waals surface area (Å²) >= 11 is 1.95.